The highest BCUT2D eigenvalue weighted by Gasteiger charge is 2.14. The molecule has 0 atom stereocenters. The maximum Gasteiger partial charge on any atom is 0.287 e. The standard InChI is InChI=1S/C21H19FN2O3/c1-13-4-3-5-14(2)20(13)24-19(25)12-23-21(26)18-11-10-17(27-18)15-6-8-16(22)9-7-15/h3-11H,12H2,1-2H3,(H,23,26)(H,24,25). The van der Waals surface area contributed by atoms with Crippen molar-refractivity contribution in [1.29, 1.82) is 0 Å². The first kappa shape index (κ1) is 18.4. The minimum absolute atomic E-state index is 0.0780. The van der Waals surface area contributed by atoms with E-state index in [-0.39, 0.29) is 24.0 Å². The van der Waals surface area contributed by atoms with Crippen molar-refractivity contribution in [3.05, 3.63) is 77.3 Å². The third-order valence-electron chi connectivity index (χ3n) is 4.11. The van der Waals surface area contributed by atoms with Crippen molar-refractivity contribution in [1.82, 2.24) is 5.32 Å². The molecule has 3 rings (SSSR count). The molecule has 3 aromatic rings. The Hall–Kier alpha value is -3.41. The highest BCUT2D eigenvalue weighted by atomic mass is 19.1. The Morgan fingerprint density at radius 1 is 0.963 bits per heavy atom. The molecule has 0 aliphatic rings. The van der Waals surface area contributed by atoms with Crippen LogP contribution in [0.3, 0.4) is 0 Å². The molecule has 0 bridgehead atoms. The van der Waals surface area contributed by atoms with Crippen LogP contribution in [0.2, 0.25) is 0 Å². The molecule has 138 valence electrons. The lowest BCUT2D eigenvalue weighted by Gasteiger charge is -2.11. The van der Waals surface area contributed by atoms with Gasteiger partial charge in [-0.3, -0.25) is 9.59 Å². The molecule has 0 aliphatic heterocycles. The first-order chi connectivity index (χ1) is 12.9. The van der Waals surface area contributed by atoms with E-state index in [4.69, 9.17) is 4.42 Å². The quantitative estimate of drug-likeness (QED) is 0.715. The van der Waals surface area contributed by atoms with Gasteiger partial charge < -0.3 is 15.1 Å². The fourth-order valence-corrected chi connectivity index (χ4v) is 2.67. The third kappa shape index (κ3) is 4.41. The van der Waals surface area contributed by atoms with Crippen LogP contribution in [0.15, 0.2) is 59.0 Å². The molecule has 0 fully saturated rings. The van der Waals surface area contributed by atoms with E-state index in [0.29, 0.717) is 11.3 Å². The van der Waals surface area contributed by atoms with E-state index in [1.807, 2.05) is 32.0 Å². The second-order valence-electron chi connectivity index (χ2n) is 6.17. The van der Waals surface area contributed by atoms with Crippen molar-refractivity contribution >= 4 is 17.5 Å². The van der Waals surface area contributed by atoms with Crippen molar-refractivity contribution in [3.63, 3.8) is 0 Å². The van der Waals surface area contributed by atoms with Crippen LogP contribution in [-0.4, -0.2) is 18.4 Å². The average molecular weight is 366 g/mol. The molecule has 6 heteroatoms. The first-order valence-electron chi connectivity index (χ1n) is 8.44. The summed E-state index contributed by atoms with van der Waals surface area (Å²) in [4.78, 5) is 24.3. The van der Waals surface area contributed by atoms with Gasteiger partial charge in [0, 0.05) is 11.3 Å². The fraction of sp³-hybridized carbons (Fsp3) is 0.143. The summed E-state index contributed by atoms with van der Waals surface area (Å²) < 4.78 is 18.5. The molecule has 2 N–H and O–H groups in total. The molecule has 5 nitrogen and oxygen atoms in total. The van der Waals surface area contributed by atoms with Gasteiger partial charge in [0.2, 0.25) is 5.91 Å². The summed E-state index contributed by atoms with van der Waals surface area (Å²) in [6.07, 6.45) is 0. The lowest BCUT2D eigenvalue weighted by atomic mass is 10.1. The number of benzene rings is 2. The number of furan rings is 1. The molecule has 2 aromatic carbocycles. The second-order valence-corrected chi connectivity index (χ2v) is 6.17. The molecule has 0 unspecified atom stereocenters. The predicted octanol–water partition coefficient (Wildman–Crippen LogP) is 4.07. The van der Waals surface area contributed by atoms with Crippen LogP contribution in [0.25, 0.3) is 11.3 Å². The van der Waals surface area contributed by atoms with Crippen molar-refractivity contribution in [2.24, 2.45) is 0 Å². The lowest BCUT2D eigenvalue weighted by Crippen LogP contribution is -2.32. The zero-order valence-electron chi connectivity index (χ0n) is 15.0. The largest absolute Gasteiger partial charge is 0.451 e. The van der Waals surface area contributed by atoms with E-state index in [1.54, 1.807) is 18.2 Å². The molecule has 2 amide bonds. The molecular weight excluding hydrogens is 347 g/mol. The van der Waals surface area contributed by atoms with Gasteiger partial charge in [0.25, 0.3) is 5.91 Å². The van der Waals surface area contributed by atoms with Crippen molar-refractivity contribution in [3.8, 4) is 11.3 Å². The van der Waals surface area contributed by atoms with Gasteiger partial charge in [-0.15, -0.1) is 0 Å². The van der Waals surface area contributed by atoms with E-state index in [2.05, 4.69) is 10.6 Å². The summed E-state index contributed by atoms with van der Waals surface area (Å²) >= 11 is 0. The molecule has 0 spiro atoms. The van der Waals surface area contributed by atoms with E-state index in [9.17, 15) is 14.0 Å². The number of carbonyl (C=O) groups excluding carboxylic acids is 2. The maximum absolute atomic E-state index is 13.0. The summed E-state index contributed by atoms with van der Waals surface area (Å²) in [5.41, 5.74) is 3.30. The number of anilines is 1. The van der Waals surface area contributed by atoms with Crippen LogP contribution in [0.4, 0.5) is 10.1 Å². The van der Waals surface area contributed by atoms with Crippen LogP contribution < -0.4 is 10.6 Å². The fourth-order valence-electron chi connectivity index (χ4n) is 2.67. The highest BCUT2D eigenvalue weighted by molar-refractivity contribution is 5.98. The maximum atomic E-state index is 13.0. The van der Waals surface area contributed by atoms with Crippen molar-refractivity contribution in [2.75, 3.05) is 11.9 Å². The summed E-state index contributed by atoms with van der Waals surface area (Å²) in [6, 6.07) is 14.6. The smallest absolute Gasteiger partial charge is 0.287 e. The van der Waals surface area contributed by atoms with Crippen LogP contribution in [0, 0.1) is 19.7 Å². The third-order valence-corrected chi connectivity index (χ3v) is 4.11. The Kier molecular flexibility index (Phi) is 5.35. The number of halogens is 1. The summed E-state index contributed by atoms with van der Waals surface area (Å²) in [5.74, 6) is -0.654. The SMILES string of the molecule is Cc1cccc(C)c1NC(=O)CNC(=O)c1ccc(-c2ccc(F)cc2)o1. The van der Waals surface area contributed by atoms with Crippen LogP contribution >= 0.6 is 0 Å². The van der Waals surface area contributed by atoms with E-state index >= 15 is 0 Å². The number of nitrogens with one attached hydrogen (secondary N) is 2. The van der Waals surface area contributed by atoms with Gasteiger partial charge in [0.15, 0.2) is 5.76 Å². The number of hydrogen-bond acceptors (Lipinski definition) is 3. The van der Waals surface area contributed by atoms with Crippen LogP contribution in [-0.2, 0) is 4.79 Å². The van der Waals surface area contributed by atoms with Crippen molar-refractivity contribution in [2.45, 2.75) is 13.8 Å². The highest BCUT2D eigenvalue weighted by Crippen LogP contribution is 2.22. The number of aryl methyl sites for hydroxylation is 2. The minimum Gasteiger partial charge on any atom is -0.451 e. The predicted molar refractivity (Wildman–Crippen MR) is 101 cm³/mol. The summed E-state index contributed by atoms with van der Waals surface area (Å²) in [7, 11) is 0. The van der Waals surface area contributed by atoms with Crippen LogP contribution in [0.1, 0.15) is 21.7 Å². The zero-order chi connectivity index (χ0) is 19.4. The molecule has 0 saturated heterocycles. The first-order valence-corrected chi connectivity index (χ1v) is 8.44. The van der Waals surface area contributed by atoms with Gasteiger partial charge in [-0.2, -0.15) is 0 Å². The van der Waals surface area contributed by atoms with Gasteiger partial charge in [-0.05, 0) is 61.4 Å². The van der Waals surface area contributed by atoms with Gasteiger partial charge in [-0.25, -0.2) is 4.39 Å². The normalized spacial score (nSPS) is 10.5. The molecule has 1 heterocycles. The molecule has 1 aromatic heterocycles. The Morgan fingerprint density at radius 3 is 2.30 bits per heavy atom. The van der Waals surface area contributed by atoms with Gasteiger partial charge in [-0.1, -0.05) is 18.2 Å². The van der Waals surface area contributed by atoms with E-state index < -0.39 is 5.91 Å². The summed E-state index contributed by atoms with van der Waals surface area (Å²) in [6.45, 7) is 3.63. The van der Waals surface area contributed by atoms with Gasteiger partial charge in [0.05, 0.1) is 6.54 Å². The monoisotopic (exact) mass is 366 g/mol. The topological polar surface area (TPSA) is 71.3 Å². The Morgan fingerprint density at radius 2 is 1.63 bits per heavy atom. The lowest BCUT2D eigenvalue weighted by molar-refractivity contribution is -0.115. The molecule has 0 saturated carbocycles. The summed E-state index contributed by atoms with van der Waals surface area (Å²) in [5, 5.41) is 5.33. The Labute approximate surface area is 156 Å². The van der Waals surface area contributed by atoms with Gasteiger partial charge >= 0.3 is 0 Å². The zero-order valence-corrected chi connectivity index (χ0v) is 15.0. The van der Waals surface area contributed by atoms with E-state index in [0.717, 1.165) is 16.8 Å². The number of hydrogen-bond donors (Lipinski definition) is 2. The molecule has 0 radical (unpaired) electrons. The number of amides is 2. The Bertz CT molecular complexity index is 957. The Balaban J connectivity index is 1.59. The number of rotatable bonds is 5. The van der Waals surface area contributed by atoms with Crippen LogP contribution in [0.5, 0.6) is 0 Å². The van der Waals surface area contributed by atoms with Gasteiger partial charge in [0.1, 0.15) is 11.6 Å². The molecule has 27 heavy (non-hydrogen) atoms. The number of carbonyl (C=O) groups is 2. The molecular formula is C21H19FN2O3. The van der Waals surface area contributed by atoms with Crippen molar-refractivity contribution < 1.29 is 18.4 Å². The second kappa shape index (κ2) is 7.86. The molecule has 0 aliphatic carbocycles. The van der Waals surface area contributed by atoms with E-state index in [1.165, 1.54) is 18.2 Å². The minimum atomic E-state index is -0.500. The average Bonchev–Trinajstić information content (AvgIpc) is 3.14. The number of para-hydroxylation sites is 1.